The molecule has 51 heavy (non-hydrogen) atoms. The van der Waals surface area contributed by atoms with Crippen LogP contribution in [0.3, 0.4) is 0 Å². The first-order valence-electron chi connectivity index (χ1n) is 17.4. The van der Waals surface area contributed by atoms with Crippen LogP contribution < -0.4 is 0 Å². The summed E-state index contributed by atoms with van der Waals surface area (Å²) >= 11 is 0. The lowest BCUT2D eigenvalue weighted by Crippen LogP contribution is -2.22. The van der Waals surface area contributed by atoms with Gasteiger partial charge in [0, 0.05) is 32.9 Å². The molecular weight excluding hydrogens is 621 g/mol. The summed E-state index contributed by atoms with van der Waals surface area (Å²) < 4.78 is 6.45. The van der Waals surface area contributed by atoms with Crippen molar-refractivity contribution in [3.05, 3.63) is 193 Å². The fraction of sp³-hybridized carbons (Fsp3) is 0.0417. The molecule has 1 aliphatic carbocycles. The first kappa shape index (κ1) is 29.3. The zero-order chi connectivity index (χ0) is 33.9. The van der Waals surface area contributed by atoms with E-state index in [0.717, 1.165) is 55.6 Å². The first-order chi connectivity index (χ1) is 25.1. The van der Waals surface area contributed by atoms with Crippen LogP contribution >= 0.6 is 0 Å². The number of benzene rings is 7. The average Bonchev–Trinajstić information content (AvgIpc) is 3.72. The Labute approximate surface area is 296 Å². The van der Waals surface area contributed by atoms with Crippen molar-refractivity contribution in [3.63, 3.8) is 0 Å². The molecule has 0 aliphatic heterocycles. The van der Waals surface area contributed by atoms with Crippen molar-refractivity contribution in [1.29, 1.82) is 0 Å². The molecule has 9 aromatic rings. The Kier molecular flexibility index (Phi) is 6.62. The molecule has 0 fully saturated rings. The van der Waals surface area contributed by atoms with Crippen LogP contribution in [0.15, 0.2) is 180 Å². The van der Waals surface area contributed by atoms with Gasteiger partial charge in [0.1, 0.15) is 11.2 Å². The molecule has 1 atom stereocenters. The molecule has 240 valence electrons. The molecule has 3 heteroatoms. The predicted molar refractivity (Wildman–Crippen MR) is 208 cm³/mol. The van der Waals surface area contributed by atoms with Gasteiger partial charge in [-0.25, -0.2) is 9.97 Å². The van der Waals surface area contributed by atoms with Crippen LogP contribution in [0.5, 0.6) is 0 Å². The highest BCUT2D eigenvalue weighted by molar-refractivity contribution is 6.09. The van der Waals surface area contributed by atoms with E-state index < -0.39 is 0 Å². The summed E-state index contributed by atoms with van der Waals surface area (Å²) in [7, 11) is 0. The molecule has 0 N–H and O–H groups in total. The van der Waals surface area contributed by atoms with Crippen molar-refractivity contribution in [2.45, 2.75) is 12.3 Å². The number of rotatable bonds is 5. The minimum Gasteiger partial charge on any atom is -0.455 e. The summed E-state index contributed by atoms with van der Waals surface area (Å²) in [5.74, 6) is 0.677. The molecule has 0 saturated carbocycles. The minimum absolute atomic E-state index is 0.221. The molecule has 0 bridgehead atoms. The third kappa shape index (κ3) is 4.66. The Morgan fingerprint density at radius 3 is 1.94 bits per heavy atom. The van der Waals surface area contributed by atoms with Gasteiger partial charge in [-0.15, -0.1) is 0 Å². The third-order valence-electron chi connectivity index (χ3n) is 10.6. The van der Waals surface area contributed by atoms with Crippen molar-refractivity contribution in [3.8, 4) is 56.2 Å². The van der Waals surface area contributed by atoms with Crippen LogP contribution in [0.4, 0.5) is 0 Å². The predicted octanol–water partition coefficient (Wildman–Crippen LogP) is 12.4. The van der Waals surface area contributed by atoms with E-state index in [1.54, 1.807) is 0 Å². The van der Waals surface area contributed by atoms with Crippen molar-refractivity contribution in [1.82, 2.24) is 9.97 Å². The normalized spacial score (nSPS) is 14.8. The summed E-state index contributed by atoms with van der Waals surface area (Å²) in [4.78, 5) is 10.3. The zero-order valence-corrected chi connectivity index (χ0v) is 28.0. The highest BCUT2D eigenvalue weighted by atomic mass is 16.3. The average molecular weight is 653 g/mol. The van der Waals surface area contributed by atoms with Crippen LogP contribution in [-0.2, 0) is 5.41 Å². The Balaban J connectivity index is 1.12. The van der Waals surface area contributed by atoms with E-state index in [2.05, 4.69) is 153 Å². The van der Waals surface area contributed by atoms with Crippen LogP contribution in [0.2, 0.25) is 0 Å². The summed E-state index contributed by atoms with van der Waals surface area (Å²) in [6.07, 6.45) is 0. The minimum atomic E-state index is -0.221. The second-order valence-electron chi connectivity index (χ2n) is 13.5. The molecule has 1 aliphatic rings. The molecule has 0 radical (unpaired) electrons. The Morgan fingerprint density at radius 1 is 0.431 bits per heavy atom. The molecule has 10 rings (SSSR count). The van der Waals surface area contributed by atoms with Crippen LogP contribution in [0.25, 0.3) is 78.1 Å². The largest absolute Gasteiger partial charge is 0.455 e. The fourth-order valence-corrected chi connectivity index (χ4v) is 8.02. The third-order valence-corrected chi connectivity index (χ3v) is 10.6. The summed E-state index contributed by atoms with van der Waals surface area (Å²) in [6, 6.07) is 62.2. The SMILES string of the molecule is CC1(c2ccccc2)c2ccccc2-c2cc(-c3cccc(-c4cc(-c5cccc6c5oc5ccccc56)nc(-c5ccccc5)n4)c3)ccc21. The van der Waals surface area contributed by atoms with Gasteiger partial charge in [-0.2, -0.15) is 0 Å². The first-order valence-corrected chi connectivity index (χ1v) is 17.4. The molecule has 2 heterocycles. The van der Waals surface area contributed by atoms with Gasteiger partial charge in [-0.05, 0) is 76.2 Å². The second kappa shape index (κ2) is 11.5. The van der Waals surface area contributed by atoms with Crippen molar-refractivity contribution >= 4 is 21.9 Å². The fourth-order valence-electron chi connectivity index (χ4n) is 8.02. The number of para-hydroxylation sites is 2. The van der Waals surface area contributed by atoms with E-state index in [0.29, 0.717) is 5.82 Å². The highest BCUT2D eigenvalue weighted by Gasteiger charge is 2.40. The smallest absolute Gasteiger partial charge is 0.160 e. The maximum absolute atomic E-state index is 6.45. The quantitative estimate of drug-likeness (QED) is 0.186. The van der Waals surface area contributed by atoms with Gasteiger partial charge >= 0.3 is 0 Å². The topological polar surface area (TPSA) is 38.9 Å². The van der Waals surface area contributed by atoms with Gasteiger partial charge in [0.2, 0.25) is 0 Å². The van der Waals surface area contributed by atoms with E-state index in [9.17, 15) is 0 Å². The zero-order valence-electron chi connectivity index (χ0n) is 28.0. The number of nitrogens with zero attached hydrogens (tertiary/aromatic N) is 2. The maximum atomic E-state index is 6.45. The standard InChI is InChI=1S/C48H32N2O/c1-48(35-18-6-3-7-19-35)41-24-10-8-20-36(41)40-29-33(26-27-42(40)48)32-16-12-17-34(28-32)43-30-44(50-47(49-43)31-14-4-2-5-15-31)39-23-13-22-38-37-21-9-11-25-45(37)51-46(38)39/h2-30H,1H3. The lowest BCUT2D eigenvalue weighted by molar-refractivity contribution is 0.670. The van der Waals surface area contributed by atoms with Crippen molar-refractivity contribution in [2.24, 2.45) is 0 Å². The molecule has 1 unspecified atom stereocenters. The molecule has 7 aromatic carbocycles. The lowest BCUT2D eigenvalue weighted by Gasteiger charge is -2.28. The molecule has 0 amide bonds. The number of aromatic nitrogens is 2. The van der Waals surface area contributed by atoms with Gasteiger partial charge in [0.15, 0.2) is 5.82 Å². The van der Waals surface area contributed by atoms with E-state index >= 15 is 0 Å². The van der Waals surface area contributed by atoms with Gasteiger partial charge in [0.25, 0.3) is 0 Å². The maximum Gasteiger partial charge on any atom is 0.160 e. The Hall–Kier alpha value is -6.58. The molecular formula is C48H32N2O. The lowest BCUT2D eigenvalue weighted by atomic mass is 9.74. The van der Waals surface area contributed by atoms with E-state index in [1.165, 1.54) is 33.4 Å². The van der Waals surface area contributed by atoms with Crippen molar-refractivity contribution < 1.29 is 4.42 Å². The van der Waals surface area contributed by atoms with E-state index in [4.69, 9.17) is 14.4 Å². The van der Waals surface area contributed by atoms with Gasteiger partial charge in [0.05, 0.1) is 11.4 Å². The van der Waals surface area contributed by atoms with Crippen LogP contribution in [0, 0.1) is 0 Å². The summed E-state index contributed by atoms with van der Waals surface area (Å²) in [5, 5.41) is 2.17. The monoisotopic (exact) mass is 652 g/mol. The molecule has 2 aromatic heterocycles. The molecule has 0 spiro atoms. The Morgan fingerprint density at radius 2 is 1.06 bits per heavy atom. The van der Waals surface area contributed by atoms with Gasteiger partial charge < -0.3 is 4.42 Å². The Bertz CT molecular complexity index is 2760. The summed E-state index contributed by atoms with van der Waals surface area (Å²) in [5.41, 5.74) is 15.0. The van der Waals surface area contributed by atoms with Crippen molar-refractivity contribution in [2.75, 3.05) is 0 Å². The highest BCUT2D eigenvalue weighted by Crippen LogP contribution is 2.53. The number of hydrogen-bond acceptors (Lipinski definition) is 3. The molecule has 0 saturated heterocycles. The number of hydrogen-bond donors (Lipinski definition) is 0. The number of furan rings is 1. The van der Waals surface area contributed by atoms with Gasteiger partial charge in [-0.3, -0.25) is 0 Å². The van der Waals surface area contributed by atoms with Gasteiger partial charge in [-0.1, -0.05) is 146 Å². The van der Waals surface area contributed by atoms with E-state index in [1.807, 2.05) is 30.3 Å². The molecule has 3 nitrogen and oxygen atoms in total. The summed E-state index contributed by atoms with van der Waals surface area (Å²) in [6.45, 7) is 2.36. The van der Waals surface area contributed by atoms with E-state index in [-0.39, 0.29) is 5.41 Å². The second-order valence-corrected chi connectivity index (χ2v) is 13.5. The van der Waals surface area contributed by atoms with Crippen LogP contribution in [0.1, 0.15) is 23.6 Å². The number of fused-ring (bicyclic) bond motifs is 6. The van der Waals surface area contributed by atoms with Crippen LogP contribution in [-0.4, -0.2) is 9.97 Å².